The summed E-state index contributed by atoms with van der Waals surface area (Å²) in [5.74, 6) is 0.878. The Bertz CT molecular complexity index is 605. The molecule has 1 unspecified atom stereocenters. The SMILES string of the molecule is CN=C(NCCCOCC1CCCO1)NCCCN1CCN(c2ccccc2)CC1.I. The average molecular weight is 546 g/mol. The first-order valence-corrected chi connectivity index (χ1v) is 11.5. The number of nitrogens with zero attached hydrogens (tertiary/aromatic N) is 3. The molecule has 8 heteroatoms. The molecule has 7 nitrogen and oxygen atoms in total. The van der Waals surface area contributed by atoms with E-state index in [4.69, 9.17) is 9.47 Å². The Morgan fingerprint density at radius 1 is 1.10 bits per heavy atom. The number of nitrogens with one attached hydrogen (secondary N) is 2. The van der Waals surface area contributed by atoms with Gasteiger partial charge < -0.3 is 25.0 Å². The third kappa shape index (κ3) is 9.93. The molecule has 1 aromatic rings. The Kier molecular flexibility index (Phi) is 13.2. The fraction of sp³-hybridized carbons (Fsp3) is 0.696. The van der Waals surface area contributed by atoms with Gasteiger partial charge in [-0.2, -0.15) is 0 Å². The number of halogens is 1. The standard InChI is InChI=1S/C23H39N5O2.HI/c1-24-23(26-12-7-18-29-20-22-10-5-19-30-22)25-11-6-13-27-14-16-28(17-15-27)21-8-3-2-4-9-21;/h2-4,8-9,22H,5-7,10-20H2,1H3,(H2,24,25,26);1H. The van der Waals surface area contributed by atoms with Crippen LogP contribution in [0.2, 0.25) is 0 Å². The van der Waals surface area contributed by atoms with Crippen LogP contribution in [0.3, 0.4) is 0 Å². The molecular weight excluding hydrogens is 505 g/mol. The third-order valence-electron chi connectivity index (χ3n) is 5.75. The van der Waals surface area contributed by atoms with E-state index in [1.165, 1.54) is 12.1 Å². The van der Waals surface area contributed by atoms with Gasteiger partial charge in [0.25, 0.3) is 0 Å². The van der Waals surface area contributed by atoms with Crippen LogP contribution in [0.25, 0.3) is 0 Å². The first kappa shape index (κ1) is 26.2. The summed E-state index contributed by atoms with van der Waals surface area (Å²) in [5.41, 5.74) is 1.34. The number of ether oxygens (including phenoxy) is 2. The molecular formula is C23H40IN5O2. The summed E-state index contributed by atoms with van der Waals surface area (Å²) < 4.78 is 11.3. The molecule has 2 saturated heterocycles. The van der Waals surface area contributed by atoms with E-state index in [0.29, 0.717) is 6.10 Å². The number of piperazine rings is 1. The molecule has 0 amide bonds. The average Bonchev–Trinajstić information content (AvgIpc) is 3.32. The van der Waals surface area contributed by atoms with Gasteiger partial charge in [0.05, 0.1) is 12.7 Å². The first-order chi connectivity index (χ1) is 14.8. The van der Waals surface area contributed by atoms with E-state index in [9.17, 15) is 0 Å². The van der Waals surface area contributed by atoms with Crippen molar-refractivity contribution in [3.8, 4) is 0 Å². The number of hydrogen-bond acceptors (Lipinski definition) is 5. The van der Waals surface area contributed by atoms with Crippen LogP contribution in [0.1, 0.15) is 25.7 Å². The van der Waals surface area contributed by atoms with Gasteiger partial charge in [-0.25, -0.2) is 0 Å². The molecule has 0 spiro atoms. The summed E-state index contributed by atoms with van der Waals surface area (Å²) >= 11 is 0. The molecule has 2 heterocycles. The van der Waals surface area contributed by atoms with Gasteiger partial charge in [0.1, 0.15) is 0 Å². The molecule has 3 rings (SSSR count). The van der Waals surface area contributed by atoms with Crippen LogP contribution in [0.5, 0.6) is 0 Å². The number of rotatable bonds is 11. The zero-order valence-corrected chi connectivity index (χ0v) is 21.3. The van der Waals surface area contributed by atoms with Gasteiger partial charge in [-0.3, -0.25) is 9.89 Å². The minimum absolute atomic E-state index is 0. The van der Waals surface area contributed by atoms with Crippen LogP contribution in [0.4, 0.5) is 5.69 Å². The zero-order valence-electron chi connectivity index (χ0n) is 18.9. The largest absolute Gasteiger partial charge is 0.379 e. The smallest absolute Gasteiger partial charge is 0.190 e. The molecule has 2 fully saturated rings. The summed E-state index contributed by atoms with van der Waals surface area (Å²) in [6, 6.07) is 10.7. The van der Waals surface area contributed by atoms with Crippen LogP contribution in [-0.4, -0.2) is 89.6 Å². The minimum atomic E-state index is 0. The third-order valence-corrected chi connectivity index (χ3v) is 5.75. The maximum Gasteiger partial charge on any atom is 0.190 e. The Balaban J connectivity index is 0.00000341. The van der Waals surface area contributed by atoms with Crippen LogP contribution in [-0.2, 0) is 9.47 Å². The van der Waals surface area contributed by atoms with E-state index in [2.05, 4.69) is 55.8 Å². The number of anilines is 1. The Morgan fingerprint density at radius 2 is 1.84 bits per heavy atom. The lowest BCUT2D eigenvalue weighted by molar-refractivity contribution is 0.0168. The molecule has 2 N–H and O–H groups in total. The highest BCUT2D eigenvalue weighted by molar-refractivity contribution is 14.0. The van der Waals surface area contributed by atoms with Gasteiger partial charge in [0.2, 0.25) is 0 Å². The molecule has 0 saturated carbocycles. The lowest BCUT2D eigenvalue weighted by Crippen LogP contribution is -2.47. The lowest BCUT2D eigenvalue weighted by atomic mass is 10.2. The highest BCUT2D eigenvalue weighted by Crippen LogP contribution is 2.15. The number of benzene rings is 1. The minimum Gasteiger partial charge on any atom is -0.379 e. The Hall–Kier alpha value is -1.10. The van der Waals surface area contributed by atoms with E-state index in [1.807, 2.05) is 7.05 Å². The van der Waals surface area contributed by atoms with Crippen molar-refractivity contribution in [3.05, 3.63) is 30.3 Å². The molecule has 2 aliphatic heterocycles. The Labute approximate surface area is 205 Å². The zero-order chi connectivity index (χ0) is 20.9. The molecule has 176 valence electrons. The van der Waals surface area contributed by atoms with Gasteiger partial charge in [0.15, 0.2) is 5.96 Å². The number of guanidine groups is 1. The molecule has 2 aliphatic rings. The second kappa shape index (κ2) is 15.7. The highest BCUT2D eigenvalue weighted by atomic mass is 127. The van der Waals surface area contributed by atoms with Crippen molar-refractivity contribution in [1.29, 1.82) is 0 Å². The van der Waals surface area contributed by atoms with Gasteiger partial charge in [-0.1, -0.05) is 18.2 Å². The fourth-order valence-electron chi connectivity index (χ4n) is 3.97. The topological polar surface area (TPSA) is 61.4 Å². The summed E-state index contributed by atoms with van der Waals surface area (Å²) in [6.45, 7) is 9.80. The van der Waals surface area contributed by atoms with E-state index < -0.39 is 0 Å². The van der Waals surface area contributed by atoms with E-state index in [0.717, 1.165) is 90.9 Å². The van der Waals surface area contributed by atoms with Crippen molar-refractivity contribution < 1.29 is 9.47 Å². The second-order valence-electron chi connectivity index (χ2n) is 8.01. The summed E-state index contributed by atoms with van der Waals surface area (Å²) in [7, 11) is 1.83. The van der Waals surface area contributed by atoms with Crippen LogP contribution >= 0.6 is 24.0 Å². The van der Waals surface area contributed by atoms with Crippen molar-refractivity contribution in [2.24, 2.45) is 4.99 Å². The second-order valence-corrected chi connectivity index (χ2v) is 8.01. The van der Waals surface area contributed by atoms with Crippen LogP contribution in [0, 0.1) is 0 Å². The fourth-order valence-corrected chi connectivity index (χ4v) is 3.97. The first-order valence-electron chi connectivity index (χ1n) is 11.5. The maximum absolute atomic E-state index is 5.70. The molecule has 0 aromatic heterocycles. The molecule has 0 bridgehead atoms. The van der Waals surface area contributed by atoms with Crippen molar-refractivity contribution >= 4 is 35.6 Å². The van der Waals surface area contributed by atoms with Gasteiger partial charge in [-0.05, 0) is 44.4 Å². The van der Waals surface area contributed by atoms with Gasteiger partial charge in [-0.15, -0.1) is 24.0 Å². The van der Waals surface area contributed by atoms with Crippen molar-refractivity contribution in [1.82, 2.24) is 15.5 Å². The Morgan fingerprint density at radius 3 is 2.52 bits per heavy atom. The van der Waals surface area contributed by atoms with Crippen LogP contribution in [0.15, 0.2) is 35.3 Å². The molecule has 1 aromatic carbocycles. The summed E-state index contributed by atoms with van der Waals surface area (Å²) in [5, 5.41) is 6.79. The molecule has 1 atom stereocenters. The highest BCUT2D eigenvalue weighted by Gasteiger charge is 2.16. The predicted molar refractivity (Wildman–Crippen MR) is 139 cm³/mol. The van der Waals surface area contributed by atoms with E-state index in [-0.39, 0.29) is 24.0 Å². The molecule has 0 radical (unpaired) electrons. The number of hydrogen-bond donors (Lipinski definition) is 2. The molecule has 31 heavy (non-hydrogen) atoms. The maximum atomic E-state index is 5.70. The van der Waals surface area contributed by atoms with Crippen molar-refractivity contribution in [3.63, 3.8) is 0 Å². The lowest BCUT2D eigenvalue weighted by Gasteiger charge is -2.36. The monoisotopic (exact) mass is 545 g/mol. The van der Waals surface area contributed by atoms with E-state index in [1.54, 1.807) is 0 Å². The number of para-hydroxylation sites is 1. The quantitative estimate of drug-likeness (QED) is 0.193. The van der Waals surface area contributed by atoms with Crippen molar-refractivity contribution in [2.45, 2.75) is 31.8 Å². The van der Waals surface area contributed by atoms with E-state index >= 15 is 0 Å². The summed E-state index contributed by atoms with van der Waals surface area (Å²) in [4.78, 5) is 9.35. The number of aliphatic imine (C=N–C) groups is 1. The van der Waals surface area contributed by atoms with Crippen molar-refractivity contribution in [2.75, 3.05) is 77.6 Å². The normalized spacial score (nSPS) is 19.8. The van der Waals surface area contributed by atoms with Gasteiger partial charge >= 0.3 is 0 Å². The predicted octanol–water partition coefficient (Wildman–Crippen LogP) is 2.57. The molecule has 0 aliphatic carbocycles. The summed E-state index contributed by atoms with van der Waals surface area (Å²) in [6.07, 6.45) is 4.71. The van der Waals surface area contributed by atoms with Gasteiger partial charge in [0, 0.05) is 65.2 Å². The van der Waals surface area contributed by atoms with Crippen LogP contribution < -0.4 is 15.5 Å².